The number of carbonyl (C=O) groups is 2. The molecule has 0 radical (unpaired) electrons. The normalized spacial score (nSPS) is 22.9. The number of nitrogens with zero attached hydrogens (tertiary/aromatic N) is 2. The minimum atomic E-state index is -1.02. The fraction of sp³-hybridized carbons (Fsp3) is 0.692. The van der Waals surface area contributed by atoms with Crippen molar-refractivity contribution in [3.8, 4) is 0 Å². The molecule has 1 aliphatic rings. The summed E-state index contributed by atoms with van der Waals surface area (Å²) in [6.45, 7) is 6.70. The van der Waals surface area contributed by atoms with Crippen molar-refractivity contribution in [1.29, 1.82) is 0 Å². The molecule has 0 spiro atoms. The molecular formula is C13H22N2O4. The van der Waals surface area contributed by atoms with Crippen molar-refractivity contribution in [2.24, 2.45) is 5.92 Å². The molecule has 108 valence electrons. The SMILES string of the molecule is C=CCN(CC(=O)O)C(=O)N1CCC(C)C(OC)C1. The van der Waals surface area contributed by atoms with Gasteiger partial charge in [0, 0.05) is 26.7 Å². The molecule has 0 aromatic rings. The first-order valence-electron chi connectivity index (χ1n) is 6.39. The lowest BCUT2D eigenvalue weighted by atomic mass is 9.96. The first-order valence-corrected chi connectivity index (χ1v) is 6.39. The van der Waals surface area contributed by atoms with E-state index in [1.165, 1.54) is 11.0 Å². The Bertz CT molecular complexity index is 346. The van der Waals surface area contributed by atoms with Gasteiger partial charge in [-0.05, 0) is 12.3 Å². The molecule has 2 atom stereocenters. The van der Waals surface area contributed by atoms with Gasteiger partial charge in [-0.25, -0.2) is 4.79 Å². The third kappa shape index (κ3) is 4.24. The Kier molecular flexibility index (Phi) is 5.82. The van der Waals surface area contributed by atoms with Crippen molar-refractivity contribution >= 4 is 12.0 Å². The van der Waals surface area contributed by atoms with E-state index in [2.05, 4.69) is 13.5 Å². The van der Waals surface area contributed by atoms with E-state index in [-0.39, 0.29) is 25.2 Å². The molecule has 2 amide bonds. The van der Waals surface area contributed by atoms with Gasteiger partial charge >= 0.3 is 12.0 Å². The zero-order chi connectivity index (χ0) is 14.4. The number of hydrogen-bond donors (Lipinski definition) is 1. The van der Waals surface area contributed by atoms with Crippen molar-refractivity contribution in [3.05, 3.63) is 12.7 Å². The lowest BCUT2D eigenvalue weighted by Gasteiger charge is -2.38. The van der Waals surface area contributed by atoms with E-state index >= 15 is 0 Å². The smallest absolute Gasteiger partial charge is 0.323 e. The van der Waals surface area contributed by atoms with E-state index < -0.39 is 5.97 Å². The molecule has 6 heteroatoms. The quantitative estimate of drug-likeness (QED) is 0.758. The second-order valence-electron chi connectivity index (χ2n) is 4.83. The van der Waals surface area contributed by atoms with Crippen LogP contribution in [-0.4, -0.2) is 66.3 Å². The Morgan fingerprint density at radius 2 is 2.26 bits per heavy atom. The zero-order valence-electron chi connectivity index (χ0n) is 11.5. The summed E-state index contributed by atoms with van der Waals surface area (Å²) in [6, 6.07) is -0.267. The molecule has 1 aliphatic heterocycles. The molecule has 1 saturated heterocycles. The highest BCUT2D eigenvalue weighted by Gasteiger charge is 2.31. The number of hydrogen-bond acceptors (Lipinski definition) is 3. The highest BCUT2D eigenvalue weighted by molar-refractivity contribution is 5.80. The number of ether oxygens (including phenoxy) is 1. The summed E-state index contributed by atoms with van der Waals surface area (Å²) in [4.78, 5) is 26.0. The molecule has 0 aromatic heterocycles. The predicted molar refractivity (Wildman–Crippen MR) is 71.0 cm³/mol. The third-order valence-corrected chi connectivity index (χ3v) is 3.41. The number of urea groups is 1. The lowest BCUT2D eigenvalue weighted by Crippen LogP contribution is -2.52. The van der Waals surface area contributed by atoms with E-state index in [0.717, 1.165) is 6.42 Å². The lowest BCUT2D eigenvalue weighted by molar-refractivity contribution is -0.137. The average Bonchev–Trinajstić information content (AvgIpc) is 2.37. The molecule has 1 rings (SSSR count). The van der Waals surface area contributed by atoms with E-state index in [0.29, 0.717) is 19.0 Å². The zero-order valence-corrected chi connectivity index (χ0v) is 11.5. The van der Waals surface area contributed by atoms with Crippen LogP contribution in [0.25, 0.3) is 0 Å². The Morgan fingerprint density at radius 3 is 2.79 bits per heavy atom. The van der Waals surface area contributed by atoms with Gasteiger partial charge < -0.3 is 19.6 Å². The number of rotatable bonds is 5. The van der Waals surface area contributed by atoms with E-state index in [4.69, 9.17) is 9.84 Å². The van der Waals surface area contributed by atoms with Gasteiger partial charge in [-0.15, -0.1) is 6.58 Å². The van der Waals surface area contributed by atoms with Crippen molar-refractivity contribution < 1.29 is 19.4 Å². The summed E-state index contributed by atoms with van der Waals surface area (Å²) in [5, 5.41) is 8.83. The highest BCUT2D eigenvalue weighted by atomic mass is 16.5. The van der Waals surface area contributed by atoms with Gasteiger partial charge in [0.1, 0.15) is 6.54 Å². The van der Waals surface area contributed by atoms with Gasteiger partial charge in [-0.1, -0.05) is 13.0 Å². The molecule has 1 heterocycles. The number of piperidine rings is 1. The van der Waals surface area contributed by atoms with E-state index in [1.807, 2.05) is 0 Å². The standard InChI is InChI=1S/C13H22N2O4/c1-4-6-14(9-12(16)17)13(18)15-7-5-10(2)11(8-15)19-3/h4,10-11H,1,5-9H2,2-3H3,(H,16,17). The Hall–Kier alpha value is -1.56. The first kappa shape index (κ1) is 15.5. The minimum Gasteiger partial charge on any atom is -0.480 e. The summed E-state index contributed by atoms with van der Waals surface area (Å²) < 4.78 is 5.36. The van der Waals surface area contributed by atoms with Crippen LogP contribution in [0, 0.1) is 5.92 Å². The van der Waals surface area contributed by atoms with Crippen molar-refractivity contribution in [3.63, 3.8) is 0 Å². The summed E-state index contributed by atoms with van der Waals surface area (Å²) >= 11 is 0. The Labute approximate surface area is 113 Å². The Morgan fingerprint density at radius 1 is 1.58 bits per heavy atom. The molecule has 1 fully saturated rings. The van der Waals surface area contributed by atoms with Crippen LogP contribution >= 0.6 is 0 Å². The van der Waals surface area contributed by atoms with Crippen molar-refractivity contribution in [1.82, 2.24) is 9.80 Å². The monoisotopic (exact) mass is 270 g/mol. The van der Waals surface area contributed by atoms with Crippen LogP contribution in [0.1, 0.15) is 13.3 Å². The third-order valence-electron chi connectivity index (χ3n) is 3.41. The number of carboxylic acids is 1. The van der Waals surface area contributed by atoms with Crippen molar-refractivity contribution in [2.45, 2.75) is 19.4 Å². The summed E-state index contributed by atoms with van der Waals surface area (Å²) in [5.41, 5.74) is 0. The second-order valence-corrected chi connectivity index (χ2v) is 4.83. The number of amides is 2. The molecular weight excluding hydrogens is 248 g/mol. The number of aliphatic carboxylic acids is 1. The summed E-state index contributed by atoms with van der Waals surface area (Å²) in [7, 11) is 1.63. The fourth-order valence-corrected chi connectivity index (χ4v) is 2.24. The van der Waals surface area contributed by atoms with Gasteiger partial charge in [-0.3, -0.25) is 4.79 Å². The van der Waals surface area contributed by atoms with Gasteiger partial charge in [-0.2, -0.15) is 0 Å². The van der Waals surface area contributed by atoms with Crippen LogP contribution in [-0.2, 0) is 9.53 Å². The molecule has 6 nitrogen and oxygen atoms in total. The predicted octanol–water partition coefficient (Wildman–Crippen LogP) is 1.04. The van der Waals surface area contributed by atoms with Gasteiger partial charge in [0.2, 0.25) is 0 Å². The Balaban J connectivity index is 2.68. The number of carboxylic acid groups (broad SMARTS) is 1. The van der Waals surface area contributed by atoms with Crippen molar-refractivity contribution in [2.75, 3.05) is 33.3 Å². The van der Waals surface area contributed by atoms with Crippen LogP contribution in [0.15, 0.2) is 12.7 Å². The maximum absolute atomic E-state index is 12.3. The maximum Gasteiger partial charge on any atom is 0.323 e. The average molecular weight is 270 g/mol. The molecule has 19 heavy (non-hydrogen) atoms. The molecule has 0 aromatic carbocycles. The van der Waals surface area contributed by atoms with Crippen LogP contribution in [0.4, 0.5) is 4.79 Å². The van der Waals surface area contributed by atoms with Crippen LogP contribution in [0.2, 0.25) is 0 Å². The van der Waals surface area contributed by atoms with E-state index in [9.17, 15) is 9.59 Å². The minimum absolute atomic E-state index is 0.00751. The molecule has 1 N–H and O–H groups in total. The highest BCUT2D eigenvalue weighted by Crippen LogP contribution is 2.20. The molecule has 2 unspecified atom stereocenters. The number of likely N-dealkylation sites (tertiary alicyclic amines) is 1. The number of carbonyl (C=O) groups excluding carboxylic acids is 1. The molecule has 0 bridgehead atoms. The van der Waals surface area contributed by atoms with Crippen LogP contribution in [0.3, 0.4) is 0 Å². The molecule has 0 saturated carbocycles. The summed E-state index contributed by atoms with van der Waals surface area (Å²) in [6.07, 6.45) is 2.40. The second kappa shape index (κ2) is 7.13. The molecule has 0 aliphatic carbocycles. The van der Waals surface area contributed by atoms with Gasteiger partial charge in [0.25, 0.3) is 0 Å². The first-order chi connectivity index (χ1) is 8.99. The maximum atomic E-state index is 12.3. The van der Waals surface area contributed by atoms with Gasteiger partial charge in [0.05, 0.1) is 6.10 Å². The largest absolute Gasteiger partial charge is 0.480 e. The number of methoxy groups -OCH3 is 1. The van der Waals surface area contributed by atoms with E-state index in [1.54, 1.807) is 12.0 Å². The van der Waals surface area contributed by atoms with Crippen LogP contribution < -0.4 is 0 Å². The fourth-order valence-electron chi connectivity index (χ4n) is 2.24. The van der Waals surface area contributed by atoms with Crippen LogP contribution in [0.5, 0.6) is 0 Å². The topological polar surface area (TPSA) is 70.1 Å². The summed E-state index contributed by atoms with van der Waals surface area (Å²) in [5.74, 6) is -0.620. The van der Waals surface area contributed by atoms with Gasteiger partial charge in [0.15, 0.2) is 0 Å².